The van der Waals surface area contributed by atoms with Gasteiger partial charge in [-0.05, 0) is 76.7 Å². The van der Waals surface area contributed by atoms with Gasteiger partial charge >= 0.3 is 0 Å². The van der Waals surface area contributed by atoms with Crippen LogP contribution >= 0.6 is 0 Å². The van der Waals surface area contributed by atoms with Gasteiger partial charge in [0.2, 0.25) is 0 Å². The predicted octanol–water partition coefficient (Wildman–Crippen LogP) is 10.8. The fourth-order valence-electron chi connectivity index (χ4n) is 5.48. The third-order valence-electron chi connectivity index (χ3n) is 7.79. The number of hydrogen-bond acceptors (Lipinski definition) is 4. The van der Waals surface area contributed by atoms with Crippen LogP contribution in [-0.4, -0.2) is 9.97 Å². The maximum atomic E-state index is 9.30. The van der Waals surface area contributed by atoms with E-state index in [-0.39, 0.29) is 42.4 Å². The van der Waals surface area contributed by atoms with Gasteiger partial charge in [0.05, 0.1) is 17.2 Å². The molecule has 0 N–H and O–H groups in total. The summed E-state index contributed by atoms with van der Waals surface area (Å²) in [6.45, 7) is -5.06. The second kappa shape index (κ2) is 14.4. The molecule has 5 heteroatoms. The first-order chi connectivity index (χ1) is 25.5. The van der Waals surface area contributed by atoms with Gasteiger partial charge in [0.25, 0.3) is 0 Å². The topological polar surface area (TPSA) is 62.7 Å². The van der Waals surface area contributed by atoms with E-state index in [1.807, 2.05) is 84.9 Å². The molecule has 8 rings (SSSR count). The summed E-state index contributed by atoms with van der Waals surface area (Å²) in [7, 11) is 0. The van der Waals surface area contributed by atoms with Crippen LogP contribution in [0.5, 0.6) is 0 Å². The fourth-order valence-corrected chi connectivity index (χ4v) is 5.48. The van der Waals surface area contributed by atoms with Crippen molar-refractivity contribution in [3.63, 3.8) is 0 Å². The largest absolute Gasteiger partial charge is 0.501 e. The molecule has 3 aromatic heterocycles. The first-order valence-electron chi connectivity index (χ1n) is 17.9. The third kappa shape index (κ3) is 6.59. The molecule has 0 saturated carbocycles. The Bertz CT molecular complexity index is 2560. The molecule has 0 unspecified atom stereocenters. The smallest absolute Gasteiger partial charge is 0.122 e. The molecule has 4 nitrogen and oxygen atoms in total. The van der Waals surface area contributed by atoms with Crippen molar-refractivity contribution in [1.29, 1.82) is 5.26 Å². The number of pyridine rings is 2. The molecule has 8 aromatic rings. The zero-order valence-electron chi connectivity index (χ0n) is 31.4. The molecule has 5 aromatic carbocycles. The summed E-state index contributed by atoms with van der Waals surface area (Å²) in [5.74, 6) is 0. The summed E-state index contributed by atoms with van der Waals surface area (Å²) in [6, 6.07) is 46.9. The van der Waals surface area contributed by atoms with E-state index in [1.165, 1.54) is 6.20 Å². The van der Waals surface area contributed by atoms with Crippen LogP contribution in [0.4, 0.5) is 0 Å². The first kappa shape index (κ1) is 25.4. The molecule has 0 aliphatic carbocycles. The molecule has 3 heterocycles. The number of nitriles is 1. The zero-order valence-corrected chi connectivity index (χ0v) is 27.8. The van der Waals surface area contributed by atoms with Gasteiger partial charge < -0.3 is 14.4 Å². The predicted molar refractivity (Wildman–Crippen MR) is 189 cm³/mol. The van der Waals surface area contributed by atoms with E-state index in [0.717, 1.165) is 27.6 Å². The van der Waals surface area contributed by atoms with E-state index < -0.39 is 13.7 Å². The van der Waals surface area contributed by atoms with Crippen molar-refractivity contribution < 1.29 is 32.7 Å². The number of rotatable bonds is 4. The van der Waals surface area contributed by atoms with Crippen LogP contribution < -0.4 is 0 Å². The first-order valence-corrected chi connectivity index (χ1v) is 14.9. The van der Waals surface area contributed by atoms with Crippen molar-refractivity contribution >= 4 is 21.9 Å². The van der Waals surface area contributed by atoms with Crippen LogP contribution in [0, 0.1) is 37.2 Å². The van der Waals surface area contributed by atoms with Crippen molar-refractivity contribution in [2.24, 2.45) is 0 Å². The molecule has 0 bridgehead atoms. The minimum absolute atomic E-state index is 0. The standard InChI is InChI=1S/C32H21N2O.C11H8N.Ir/c1-20-15-24(23-7-4-3-5-8-23)12-14-25(20)29-17-30(34-19-21(29)2)28-10-6-9-27-26-13-11-22(18-33)16-31(26)35-32(27)28;1-2-6-10(7-3-1)11-8-4-5-9-12-11;/h3-9,11-17,19H,1-2H3;1-6,8-9H;/q2*-1;/i1D3,2D3;;. The van der Waals surface area contributed by atoms with Crippen molar-refractivity contribution in [2.45, 2.75) is 13.7 Å². The van der Waals surface area contributed by atoms with Gasteiger partial charge in [-0.3, -0.25) is 0 Å². The Labute approximate surface area is 302 Å². The number of benzene rings is 5. The molecule has 0 aliphatic rings. The Balaban J connectivity index is 0.000000324. The summed E-state index contributed by atoms with van der Waals surface area (Å²) in [5.41, 5.74) is 6.41. The van der Waals surface area contributed by atoms with Crippen LogP contribution in [-0.2, 0) is 20.1 Å². The van der Waals surface area contributed by atoms with E-state index in [0.29, 0.717) is 33.6 Å². The van der Waals surface area contributed by atoms with E-state index in [9.17, 15) is 5.26 Å². The summed E-state index contributed by atoms with van der Waals surface area (Å²) < 4.78 is 55.6. The molecule has 233 valence electrons. The van der Waals surface area contributed by atoms with Crippen molar-refractivity contribution in [3.05, 3.63) is 169 Å². The maximum absolute atomic E-state index is 9.30. The second-order valence-corrected chi connectivity index (χ2v) is 10.8. The molecular weight excluding hydrogens is 767 g/mol. The number of furan rings is 1. The average molecular weight is 802 g/mol. The van der Waals surface area contributed by atoms with Crippen molar-refractivity contribution in [2.75, 3.05) is 0 Å². The van der Waals surface area contributed by atoms with Gasteiger partial charge in [-0.1, -0.05) is 83.7 Å². The molecule has 48 heavy (non-hydrogen) atoms. The molecule has 0 amide bonds. The summed E-state index contributed by atoms with van der Waals surface area (Å²) in [4.78, 5) is 8.69. The summed E-state index contributed by atoms with van der Waals surface area (Å²) in [5, 5.41) is 10.9. The van der Waals surface area contributed by atoms with Crippen LogP contribution in [0.1, 0.15) is 24.9 Å². The number of aryl methyl sites for hydroxylation is 2. The van der Waals surface area contributed by atoms with Crippen LogP contribution in [0.2, 0.25) is 0 Å². The van der Waals surface area contributed by atoms with E-state index in [4.69, 9.17) is 12.6 Å². The number of nitrogens with zero attached hydrogens (tertiary/aromatic N) is 3. The molecular formula is C43H29IrN3O-2. The van der Waals surface area contributed by atoms with Crippen LogP contribution in [0.3, 0.4) is 0 Å². The van der Waals surface area contributed by atoms with Gasteiger partial charge in [-0.25, -0.2) is 0 Å². The molecule has 0 fully saturated rings. The number of aromatic nitrogens is 2. The molecule has 0 aliphatic heterocycles. The van der Waals surface area contributed by atoms with E-state index in [1.54, 1.807) is 48.7 Å². The van der Waals surface area contributed by atoms with Crippen molar-refractivity contribution in [1.82, 2.24) is 9.97 Å². The van der Waals surface area contributed by atoms with Crippen LogP contribution in [0.25, 0.3) is 66.7 Å². The van der Waals surface area contributed by atoms with E-state index in [2.05, 4.69) is 28.2 Å². The third-order valence-corrected chi connectivity index (χ3v) is 7.79. The molecule has 0 atom stereocenters. The summed E-state index contributed by atoms with van der Waals surface area (Å²) in [6.07, 6.45) is 3.06. The van der Waals surface area contributed by atoms with Crippen LogP contribution in [0.15, 0.2) is 144 Å². The minimum atomic E-state index is -2.55. The maximum Gasteiger partial charge on any atom is 0.122 e. The normalized spacial score (nSPS) is 12.9. The second-order valence-electron chi connectivity index (χ2n) is 10.8. The van der Waals surface area contributed by atoms with E-state index >= 15 is 0 Å². The molecule has 0 spiro atoms. The van der Waals surface area contributed by atoms with Gasteiger partial charge in [0, 0.05) is 46.1 Å². The Hall–Kier alpha value is -5.66. The molecule has 0 saturated heterocycles. The summed E-state index contributed by atoms with van der Waals surface area (Å²) >= 11 is 0. The average Bonchev–Trinajstić information content (AvgIpc) is 3.56. The van der Waals surface area contributed by atoms with Gasteiger partial charge in [0.1, 0.15) is 5.58 Å². The Morgan fingerprint density at radius 3 is 2.31 bits per heavy atom. The zero-order chi connectivity index (χ0) is 37.2. The minimum Gasteiger partial charge on any atom is -0.501 e. The van der Waals surface area contributed by atoms with Gasteiger partial charge in [-0.15, -0.1) is 54.1 Å². The fraction of sp³-hybridized carbons (Fsp3) is 0.0465. The number of hydrogen-bond donors (Lipinski definition) is 0. The quantitative estimate of drug-likeness (QED) is 0.166. The SMILES string of the molecule is [2H]C([2H])([2H])c1cnc(-c2[c-]ccc3c2oc2cc(C#N)ccc23)cc1-c1ccc(-c2ccccc2)cc1C([2H])([2H])[2H].[Ir].[c-]1ccccc1-c1ccccn1. The Kier molecular flexibility index (Phi) is 7.63. The van der Waals surface area contributed by atoms with Crippen molar-refractivity contribution in [3.8, 4) is 50.8 Å². The van der Waals surface area contributed by atoms with Gasteiger partial charge in [0.15, 0.2) is 0 Å². The van der Waals surface area contributed by atoms with Gasteiger partial charge in [-0.2, -0.15) is 5.26 Å². The monoisotopic (exact) mass is 802 g/mol. The number of fused-ring (bicyclic) bond motifs is 3. The Morgan fingerprint density at radius 2 is 1.54 bits per heavy atom. The Morgan fingerprint density at radius 1 is 0.688 bits per heavy atom. The molecule has 1 radical (unpaired) electrons.